The Morgan fingerprint density at radius 2 is 1.75 bits per heavy atom. The second kappa shape index (κ2) is 7.75. The van der Waals surface area contributed by atoms with E-state index in [1.54, 1.807) is 0 Å². The van der Waals surface area contributed by atoms with Gasteiger partial charge in [-0.25, -0.2) is 0 Å². The third-order valence-electron chi connectivity index (χ3n) is 4.76. The highest BCUT2D eigenvalue weighted by molar-refractivity contribution is 5.50. The van der Waals surface area contributed by atoms with E-state index in [2.05, 4.69) is 58.2 Å². The lowest BCUT2D eigenvalue weighted by molar-refractivity contribution is -0.133. The largest absolute Gasteiger partial charge is 0.366 e. The number of hydrogen-bond acceptors (Lipinski definition) is 2. The van der Waals surface area contributed by atoms with Gasteiger partial charge in [-0.15, -0.1) is 0 Å². The van der Waals surface area contributed by atoms with Crippen LogP contribution in [0.2, 0.25) is 0 Å². The Morgan fingerprint density at radius 1 is 1.04 bits per heavy atom. The molecule has 1 saturated heterocycles. The first-order chi connectivity index (χ1) is 11.6. The van der Waals surface area contributed by atoms with Crippen molar-refractivity contribution in [3.05, 3.63) is 65.7 Å². The summed E-state index contributed by atoms with van der Waals surface area (Å²) in [7, 11) is 0. The fourth-order valence-electron chi connectivity index (χ4n) is 3.43. The number of nitrogens with zero attached hydrogens (tertiary/aromatic N) is 1. The molecule has 2 atom stereocenters. The molecule has 3 rings (SSSR count). The van der Waals surface area contributed by atoms with Crippen molar-refractivity contribution in [2.45, 2.75) is 38.3 Å². The minimum absolute atomic E-state index is 0.0123. The van der Waals surface area contributed by atoms with Crippen LogP contribution in [0.4, 0.5) is 14.5 Å². The van der Waals surface area contributed by atoms with Gasteiger partial charge in [0.25, 0.3) is 0 Å². The fourth-order valence-corrected chi connectivity index (χ4v) is 3.43. The molecule has 24 heavy (non-hydrogen) atoms. The van der Waals surface area contributed by atoms with Crippen molar-refractivity contribution >= 4 is 5.69 Å². The Hall–Kier alpha value is -1.94. The summed E-state index contributed by atoms with van der Waals surface area (Å²) in [6.07, 6.45) is 1.84. The number of rotatable bonds is 5. The number of ether oxygens (including phenoxy) is 1. The van der Waals surface area contributed by atoms with Crippen LogP contribution in [0, 0.1) is 6.92 Å². The third-order valence-corrected chi connectivity index (χ3v) is 4.76. The van der Waals surface area contributed by atoms with E-state index in [1.807, 2.05) is 13.0 Å². The Bertz CT molecular complexity index is 630. The second-order valence-corrected chi connectivity index (χ2v) is 6.42. The van der Waals surface area contributed by atoms with Gasteiger partial charge >= 0.3 is 6.61 Å². The van der Waals surface area contributed by atoms with Gasteiger partial charge < -0.3 is 9.64 Å². The standard InChI is InChI=1S/C20H23F2NO/c1-15-7-10-18(11-8-15)23-13-17(16-5-3-2-4-6-16)9-12-19(23)14-24-20(21)22/h2-8,10-11,17,19-20H,9,12-14H2,1H3/t17-,19-/m0/s1. The lowest BCUT2D eigenvalue weighted by Gasteiger charge is -2.41. The molecule has 2 nitrogen and oxygen atoms in total. The van der Waals surface area contributed by atoms with E-state index >= 15 is 0 Å². The zero-order chi connectivity index (χ0) is 16.9. The summed E-state index contributed by atoms with van der Waals surface area (Å²) in [4.78, 5) is 2.23. The zero-order valence-corrected chi connectivity index (χ0v) is 13.9. The summed E-state index contributed by atoms with van der Waals surface area (Å²) in [5.41, 5.74) is 3.57. The Balaban J connectivity index is 1.80. The highest BCUT2D eigenvalue weighted by atomic mass is 19.3. The smallest absolute Gasteiger partial charge is 0.345 e. The molecule has 0 aromatic heterocycles. The van der Waals surface area contributed by atoms with Gasteiger partial charge in [-0.3, -0.25) is 0 Å². The SMILES string of the molecule is Cc1ccc(N2C[C@@H](c3ccccc3)CC[C@H]2COC(F)F)cc1. The van der Waals surface area contributed by atoms with Gasteiger partial charge in [-0.1, -0.05) is 48.0 Å². The number of alkyl halides is 2. The number of piperidine rings is 1. The van der Waals surface area contributed by atoms with Gasteiger partial charge in [-0.05, 0) is 37.5 Å². The van der Waals surface area contributed by atoms with Crippen molar-refractivity contribution < 1.29 is 13.5 Å². The molecule has 0 unspecified atom stereocenters. The number of anilines is 1. The maximum atomic E-state index is 12.5. The van der Waals surface area contributed by atoms with Crippen molar-refractivity contribution in [2.75, 3.05) is 18.1 Å². The predicted octanol–water partition coefficient (Wildman–Crippen LogP) is 4.99. The minimum Gasteiger partial charge on any atom is -0.366 e. The third kappa shape index (κ3) is 4.12. The number of halogens is 2. The molecule has 0 bridgehead atoms. The zero-order valence-electron chi connectivity index (χ0n) is 13.9. The molecule has 0 spiro atoms. The van der Waals surface area contributed by atoms with Crippen LogP contribution < -0.4 is 4.90 Å². The normalized spacial score (nSPS) is 21.2. The Labute approximate surface area is 142 Å². The molecule has 1 aliphatic heterocycles. The molecule has 0 radical (unpaired) electrons. The van der Waals surface area contributed by atoms with Gasteiger partial charge in [-0.2, -0.15) is 8.78 Å². The molecule has 128 valence electrons. The molecule has 1 fully saturated rings. The molecular weight excluding hydrogens is 308 g/mol. The van der Waals surface area contributed by atoms with Gasteiger partial charge in [0, 0.05) is 18.2 Å². The number of hydrogen-bond donors (Lipinski definition) is 0. The average Bonchev–Trinajstić information content (AvgIpc) is 2.61. The summed E-state index contributed by atoms with van der Waals surface area (Å²) in [5.74, 6) is 0.412. The molecule has 0 N–H and O–H groups in total. The van der Waals surface area contributed by atoms with Gasteiger partial charge in [0.15, 0.2) is 0 Å². The van der Waals surface area contributed by atoms with Crippen LogP contribution in [0.5, 0.6) is 0 Å². The maximum Gasteiger partial charge on any atom is 0.345 e. The quantitative estimate of drug-likeness (QED) is 0.765. The topological polar surface area (TPSA) is 12.5 Å². The van der Waals surface area contributed by atoms with Gasteiger partial charge in [0.05, 0.1) is 12.6 Å². The minimum atomic E-state index is -2.71. The van der Waals surface area contributed by atoms with Crippen molar-refractivity contribution in [3.63, 3.8) is 0 Å². The van der Waals surface area contributed by atoms with Crippen LogP contribution in [0.15, 0.2) is 54.6 Å². The van der Waals surface area contributed by atoms with Crippen LogP contribution in [0.1, 0.15) is 29.9 Å². The van der Waals surface area contributed by atoms with E-state index < -0.39 is 6.61 Å². The van der Waals surface area contributed by atoms with E-state index in [-0.39, 0.29) is 12.6 Å². The van der Waals surface area contributed by atoms with Crippen LogP contribution in [-0.4, -0.2) is 25.8 Å². The van der Waals surface area contributed by atoms with Crippen molar-refractivity contribution in [1.82, 2.24) is 0 Å². The summed E-state index contributed by atoms with van der Waals surface area (Å²) in [6.45, 7) is 0.221. The van der Waals surface area contributed by atoms with E-state index in [1.165, 1.54) is 11.1 Å². The van der Waals surface area contributed by atoms with E-state index in [0.29, 0.717) is 5.92 Å². The molecule has 1 heterocycles. The number of benzene rings is 2. The predicted molar refractivity (Wildman–Crippen MR) is 92.7 cm³/mol. The average molecular weight is 331 g/mol. The molecular formula is C20H23F2NO. The molecule has 2 aromatic carbocycles. The second-order valence-electron chi connectivity index (χ2n) is 6.42. The first-order valence-corrected chi connectivity index (χ1v) is 8.41. The van der Waals surface area contributed by atoms with E-state index in [0.717, 1.165) is 25.1 Å². The first-order valence-electron chi connectivity index (χ1n) is 8.41. The molecule has 4 heteroatoms. The van der Waals surface area contributed by atoms with Crippen LogP contribution in [0.3, 0.4) is 0 Å². The molecule has 2 aromatic rings. The van der Waals surface area contributed by atoms with Gasteiger partial charge in [0.2, 0.25) is 0 Å². The Morgan fingerprint density at radius 3 is 2.42 bits per heavy atom. The molecule has 0 aliphatic carbocycles. The summed E-state index contributed by atoms with van der Waals surface area (Å²) in [6, 6.07) is 18.7. The van der Waals surface area contributed by atoms with Crippen molar-refractivity contribution in [3.8, 4) is 0 Å². The summed E-state index contributed by atoms with van der Waals surface area (Å²) >= 11 is 0. The fraction of sp³-hybridized carbons (Fsp3) is 0.400. The van der Waals surface area contributed by atoms with Gasteiger partial charge in [0.1, 0.15) is 0 Å². The molecule has 1 aliphatic rings. The first kappa shape index (κ1) is 16.9. The molecule has 0 amide bonds. The highest BCUT2D eigenvalue weighted by Crippen LogP contribution is 2.33. The maximum absolute atomic E-state index is 12.5. The molecule has 0 saturated carbocycles. The Kier molecular flexibility index (Phi) is 5.46. The van der Waals surface area contributed by atoms with E-state index in [4.69, 9.17) is 0 Å². The van der Waals surface area contributed by atoms with Crippen molar-refractivity contribution in [2.24, 2.45) is 0 Å². The van der Waals surface area contributed by atoms with Crippen LogP contribution in [0.25, 0.3) is 0 Å². The summed E-state index contributed by atoms with van der Waals surface area (Å²) < 4.78 is 29.6. The van der Waals surface area contributed by atoms with Crippen LogP contribution >= 0.6 is 0 Å². The lowest BCUT2D eigenvalue weighted by atomic mass is 9.87. The van der Waals surface area contributed by atoms with Crippen LogP contribution in [-0.2, 0) is 4.74 Å². The monoisotopic (exact) mass is 331 g/mol. The summed E-state index contributed by atoms with van der Waals surface area (Å²) in [5, 5.41) is 0. The number of aryl methyl sites for hydroxylation is 1. The van der Waals surface area contributed by atoms with E-state index in [9.17, 15) is 8.78 Å². The highest BCUT2D eigenvalue weighted by Gasteiger charge is 2.30. The van der Waals surface area contributed by atoms with Crippen molar-refractivity contribution in [1.29, 1.82) is 0 Å². The lowest BCUT2D eigenvalue weighted by Crippen LogP contribution is -2.45.